The van der Waals surface area contributed by atoms with Gasteiger partial charge in [0.05, 0.1) is 0 Å². The molecule has 1 unspecified atom stereocenters. The summed E-state index contributed by atoms with van der Waals surface area (Å²) in [6.07, 6.45) is 2.01. The van der Waals surface area contributed by atoms with E-state index in [1.54, 1.807) is 0 Å². The van der Waals surface area contributed by atoms with Gasteiger partial charge in [0.25, 0.3) is 0 Å². The van der Waals surface area contributed by atoms with Gasteiger partial charge in [-0.05, 0) is 37.6 Å². The van der Waals surface area contributed by atoms with E-state index in [1.807, 2.05) is 6.92 Å². The van der Waals surface area contributed by atoms with Gasteiger partial charge in [-0.1, -0.05) is 19.1 Å². The first-order valence-corrected chi connectivity index (χ1v) is 6.59. The molecule has 2 nitrogen and oxygen atoms in total. The van der Waals surface area contributed by atoms with Gasteiger partial charge in [-0.2, -0.15) is 0 Å². The van der Waals surface area contributed by atoms with E-state index in [1.165, 1.54) is 11.3 Å². The second-order valence-electron chi connectivity index (χ2n) is 4.57. The standard InChI is InChI=1S/C16H24N2/c1-5-7-8-12-16(17-6-2)14-10-9-11-15(13-14)18(3)4/h9-11,13,16-17H,6,8,12H2,1-4H3. The third kappa shape index (κ3) is 4.43. The van der Waals surface area contributed by atoms with E-state index in [-0.39, 0.29) is 0 Å². The predicted octanol–water partition coefficient (Wildman–Crippen LogP) is 3.21. The molecule has 0 aliphatic rings. The zero-order valence-electron chi connectivity index (χ0n) is 12.0. The maximum atomic E-state index is 3.54. The molecule has 1 rings (SSSR count). The second kappa shape index (κ2) is 7.79. The van der Waals surface area contributed by atoms with Crippen molar-refractivity contribution in [1.29, 1.82) is 0 Å². The first-order chi connectivity index (χ1) is 8.69. The monoisotopic (exact) mass is 244 g/mol. The van der Waals surface area contributed by atoms with Crippen molar-refractivity contribution in [1.82, 2.24) is 5.32 Å². The quantitative estimate of drug-likeness (QED) is 0.773. The van der Waals surface area contributed by atoms with E-state index in [9.17, 15) is 0 Å². The van der Waals surface area contributed by atoms with Crippen LogP contribution in [0.2, 0.25) is 0 Å². The maximum absolute atomic E-state index is 3.54. The van der Waals surface area contributed by atoms with Crippen molar-refractivity contribution >= 4 is 5.69 Å². The molecule has 0 saturated carbocycles. The van der Waals surface area contributed by atoms with Gasteiger partial charge in [0.1, 0.15) is 0 Å². The summed E-state index contributed by atoms with van der Waals surface area (Å²) >= 11 is 0. The molecular weight excluding hydrogens is 220 g/mol. The summed E-state index contributed by atoms with van der Waals surface area (Å²) in [6.45, 7) is 5.03. The molecule has 1 aromatic carbocycles. The van der Waals surface area contributed by atoms with Crippen LogP contribution in [-0.2, 0) is 0 Å². The van der Waals surface area contributed by atoms with Crippen LogP contribution < -0.4 is 10.2 Å². The molecule has 2 heteroatoms. The normalized spacial score (nSPS) is 11.6. The fourth-order valence-corrected chi connectivity index (χ4v) is 1.99. The van der Waals surface area contributed by atoms with Crippen LogP contribution in [-0.4, -0.2) is 20.6 Å². The lowest BCUT2D eigenvalue weighted by molar-refractivity contribution is 0.522. The minimum Gasteiger partial charge on any atom is -0.378 e. The Kier molecular flexibility index (Phi) is 6.32. The summed E-state index contributed by atoms with van der Waals surface area (Å²) in [5.41, 5.74) is 2.60. The highest BCUT2D eigenvalue weighted by Gasteiger charge is 2.10. The van der Waals surface area contributed by atoms with Crippen LogP contribution >= 0.6 is 0 Å². The molecule has 0 saturated heterocycles. The van der Waals surface area contributed by atoms with Gasteiger partial charge in [-0.15, -0.1) is 11.8 Å². The van der Waals surface area contributed by atoms with E-state index >= 15 is 0 Å². The number of hydrogen-bond acceptors (Lipinski definition) is 2. The van der Waals surface area contributed by atoms with E-state index in [0.29, 0.717) is 6.04 Å². The molecule has 1 aromatic rings. The lowest BCUT2D eigenvalue weighted by atomic mass is 10.0. The molecule has 0 fully saturated rings. The van der Waals surface area contributed by atoms with Gasteiger partial charge in [-0.25, -0.2) is 0 Å². The number of nitrogens with one attached hydrogen (secondary N) is 1. The van der Waals surface area contributed by atoms with E-state index in [2.05, 4.69) is 67.3 Å². The Morgan fingerprint density at radius 3 is 2.72 bits per heavy atom. The fraction of sp³-hybridized carbons (Fsp3) is 0.500. The highest BCUT2D eigenvalue weighted by molar-refractivity contribution is 5.47. The molecule has 0 radical (unpaired) electrons. The number of rotatable bonds is 6. The van der Waals surface area contributed by atoms with Crippen LogP contribution in [0.1, 0.15) is 38.3 Å². The Hall–Kier alpha value is -1.46. The highest BCUT2D eigenvalue weighted by atomic mass is 15.1. The van der Waals surface area contributed by atoms with Crippen LogP contribution in [0.3, 0.4) is 0 Å². The van der Waals surface area contributed by atoms with Gasteiger partial charge in [-0.3, -0.25) is 0 Å². The molecule has 1 atom stereocenters. The second-order valence-corrected chi connectivity index (χ2v) is 4.57. The lowest BCUT2D eigenvalue weighted by Gasteiger charge is -2.20. The molecular formula is C16H24N2. The number of hydrogen-bond donors (Lipinski definition) is 1. The third-order valence-electron chi connectivity index (χ3n) is 2.97. The van der Waals surface area contributed by atoms with Crippen molar-refractivity contribution in [3.8, 4) is 11.8 Å². The summed E-state index contributed by atoms with van der Waals surface area (Å²) in [7, 11) is 4.15. The summed E-state index contributed by atoms with van der Waals surface area (Å²) in [4.78, 5) is 2.14. The molecule has 0 heterocycles. The third-order valence-corrected chi connectivity index (χ3v) is 2.97. The first-order valence-electron chi connectivity index (χ1n) is 6.59. The van der Waals surface area contributed by atoms with E-state index in [0.717, 1.165) is 19.4 Å². The molecule has 98 valence electrons. The summed E-state index contributed by atoms with van der Waals surface area (Å²) in [6, 6.07) is 9.11. The van der Waals surface area contributed by atoms with Gasteiger partial charge < -0.3 is 10.2 Å². The van der Waals surface area contributed by atoms with E-state index in [4.69, 9.17) is 0 Å². The summed E-state index contributed by atoms with van der Waals surface area (Å²) in [5, 5.41) is 3.54. The summed E-state index contributed by atoms with van der Waals surface area (Å²) < 4.78 is 0. The number of anilines is 1. The van der Waals surface area contributed by atoms with Crippen LogP contribution in [0.4, 0.5) is 5.69 Å². The Labute approximate surface area is 111 Å². The van der Waals surface area contributed by atoms with Crippen LogP contribution in [0.5, 0.6) is 0 Å². The zero-order chi connectivity index (χ0) is 13.4. The molecule has 0 aliphatic heterocycles. The van der Waals surface area contributed by atoms with Crippen molar-refractivity contribution in [3.63, 3.8) is 0 Å². The molecule has 18 heavy (non-hydrogen) atoms. The van der Waals surface area contributed by atoms with Crippen molar-refractivity contribution in [2.75, 3.05) is 25.5 Å². The van der Waals surface area contributed by atoms with Gasteiger partial charge in [0.15, 0.2) is 0 Å². The van der Waals surface area contributed by atoms with E-state index < -0.39 is 0 Å². The maximum Gasteiger partial charge on any atom is 0.0364 e. The van der Waals surface area contributed by atoms with Crippen molar-refractivity contribution < 1.29 is 0 Å². The van der Waals surface area contributed by atoms with Gasteiger partial charge in [0.2, 0.25) is 0 Å². The smallest absolute Gasteiger partial charge is 0.0364 e. The van der Waals surface area contributed by atoms with Crippen molar-refractivity contribution in [2.45, 2.75) is 32.7 Å². The largest absolute Gasteiger partial charge is 0.378 e. The molecule has 1 N–H and O–H groups in total. The van der Waals surface area contributed by atoms with Gasteiger partial charge >= 0.3 is 0 Å². The fourth-order valence-electron chi connectivity index (χ4n) is 1.99. The molecule has 0 aromatic heterocycles. The minimum absolute atomic E-state index is 0.399. The average molecular weight is 244 g/mol. The molecule has 0 bridgehead atoms. The predicted molar refractivity (Wildman–Crippen MR) is 79.9 cm³/mol. The van der Waals surface area contributed by atoms with Crippen LogP contribution in [0, 0.1) is 11.8 Å². The summed E-state index contributed by atoms with van der Waals surface area (Å²) in [5.74, 6) is 6.10. The first kappa shape index (κ1) is 14.6. The Balaban J connectivity index is 2.82. The lowest BCUT2D eigenvalue weighted by Crippen LogP contribution is -2.21. The Morgan fingerprint density at radius 1 is 1.33 bits per heavy atom. The SMILES string of the molecule is CC#CCCC(NCC)c1cccc(N(C)C)c1. The molecule has 0 aliphatic carbocycles. The minimum atomic E-state index is 0.399. The average Bonchev–Trinajstić information content (AvgIpc) is 2.38. The van der Waals surface area contributed by atoms with Crippen LogP contribution in [0.25, 0.3) is 0 Å². The van der Waals surface area contributed by atoms with Gasteiger partial charge in [0, 0.05) is 32.2 Å². The number of benzene rings is 1. The number of nitrogens with zero attached hydrogens (tertiary/aromatic N) is 1. The molecule has 0 spiro atoms. The topological polar surface area (TPSA) is 15.3 Å². The zero-order valence-corrected chi connectivity index (χ0v) is 12.0. The highest BCUT2D eigenvalue weighted by Crippen LogP contribution is 2.22. The van der Waals surface area contributed by atoms with Crippen molar-refractivity contribution in [2.24, 2.45) is 0 Å². The van der Waals surface area contributed by atoms with Crippen molar-refractivity contribution in [3.05, 3.63) is 29.8 Å². The molecule has 0 amide bonds. The Bertz CT molecular complexity index is 413. The Morgan fingerprint density at radius 2 is 2.11 bits per heavy atom. The van der Waals surface area contributed by atoms with Crippen LogP contribution in [0.15, 0.2) is 24.3 Å².